The van der Waals surface area contributed by atoms with Crippen molar-refractivity contribution in [3.8, 4) is 0 Å². The maximum atomic E-state index is 12.2. The zero-order valence-corrected chi connectivity index (χ0v) is 15.5. The van der Waals surface area contributed by atoms with Gasteiger partial charge in [0.05, 0.1) is 11.0 Å². The van der Waals surface area contributed by atoms with E-state index >= 15 is 0 Å². The van der Waals surface area contributed by atoms with Gasteiger partial charge in [-0.15, -0.1) is 0 Å². The zero-order valence-electron chi connectivity index (χ0n) is 13.9. The van der Waals surface area contributed by atoms with Crippen molar-refractivity contribution in [1.82, 2.24) is 19.6 Å². The highest BCUT2D eigenvalue weighted by molar-refractivity contribution is 9.10. The Morgan fingerprint density at radius 2 is 2.12 bits per heavy atom. The molecule has 26 heavy (non-hydrogen) atoms. The van der Waals surface area contributed by atoms with Crippen LogP contribution in [0.3, 0.4) is 0 Å². The van der Waals surface area contributed by atoms with Crippen LogP contribution in [0.4, 0.5) is 5.82 Å². The molecule has 0 atom stereocenters. The summed E-state index contributed by atoms with van der Waals surface area (Å²) in [6, 6.07) is 9.41. The number of carbonyl (C=O) groups is 2. The van der Waals surface area contributed by atoms with Gasteiger partial charge >= 0.3 is 5.97 Å². The molecule has 2 heterocycles. The van der Waals surface area contributed by atoms with E-state index < -0.39 is 11.9 Å². The molecule has 3 rings (SSSR count). The van der Waals surface area contributed by atoms with Crippen molar-refractivity contribution < 1.29 is 14.7 Å². The molecule has 1 amide bonds. The number of rotatable bonds is 6. The number of carboxylic acid groups (broad SMARTS) is 1. The number of carbonyl (C=O) groups excluding carboxylic acids is 1. The highest BCUT2D eigenvalue weighted by Gasteiger charge is 2.15. The number of aromatic nitrogens is 4. The first-order valence-corrected chi connectivity index (χ1v) is 8.55. The molecule has 2 aromatic heterocycles. The normalized spacial score (nSPS) is 10.7. The van der Waals surface area contributed by atoms with E-state index in [1.807, 2.05) is 25.1 Å². The van der Waals surface area contributed by atoms with E-state index in [1.54, 1.807) is 10.9 Å². The summed E-state index contributed by atoms with van der Waals surface area (Å²) in [7, 11) is 0. The molecule has 0 saturated heterocycles. The van der Waals surface area contributed by atoms with Crippen LogP contribution < -0.4 is 5.32 Å². The molecule has 0 aliphatic rings. The molecule has 0 radical (unpaired) electrons. The van der Waals surface area contributed by atoms with Crippen LogP contribution in [0.2, 0.25) is 0 Å². The van der Waals surface area contributed by atoms with Crippen LogP contribution in [-0.4, -0.2) is 36.5 Å². The number of nitrogens with one attached hydrogen (secondary N) is 1. The number of aryl methyl sites for hydroxylation is 1. The van der Waals surface area contributed by atoms with Gasteiger partial charge in [0.25, 0.3) is 0 Å². The van der Waals surface area contributed by atoms with Crippen molar-refractivity contribution in [2.24, 2.45) is 0 Å². The summed E-state index contributed by atoms with van der Waals surface area (Å²) in [5.74, 6) is -1.19. The first-order chi connectivity index (χ1) is 12.4. The molecule has 2 N–H and O–H groups in total. The van der Waals surface area contributed by atoms with Gasteiger partial charge < -0.3 is 10.4 Å². The van der Waals surface area contributed by atoms with Crippen LogP contribution in [0.5, 0.6) is 0 Å². The van der Waals surface area contributed by atoms with Crippen LogP contribution in [0.1, 0.15) is 21.6 Å². The number of carboxylic acids is 1. The maximum Gasteiger partial charge on any atom is 0.354 e. The van der Waals surface area contributed by atoms with Gasteiger partial charge in [-0.3, -0.25) is 9.48 Å². The summed E-state index contributed by atoms with van der Waals surface area (Å²) in [4.78, 5) is 23.2. The fraction of sp³-hybridized carbons (Fsp3) is 0.176. The summed E-state index contributed by atoms with van der Waals surface area (Å²) < 4.78 is 3.47. The molecule has 0 aliphatic carbocycles. The lowest BCUT2D eigenvalue weighted by Crippen LogP contribution is -2.22. The van der Waals surface area contributed by atoms with E-state index in [4.69, 9.17) is 5.11 Å². The molecule has 3 aromatic rings. The molecule has 9 heteroatoms. The summed E-state index contributed by atoms with van der Waals surface area (Å²) >= 11 is 3.37. The first-order valence-electron chi connectivity index (χ1n) is 7.76. The molecule has 1 aromatic carbocycles. The molecule has 8 nitrogen and oxygen atoms in total. The lowest BCUT2D eigenvalue weighted by molar-refractivity contribution is -0.116. The number of hydrogen-bond acceptors (Lipinski definition) is 4. The molecule has 134 valence electrons. The third-order valence-electron chi connectivity index (χ3n) is 3.63. The Hall–Kier alpha value is -2.94. The van der Waals surface area contributed by atoms with E-state index in [0.717, 1.165) is 15.8 Å². The Morgan fingerprint density at radius 1 is 1.31 bits per heavy atom. The molecule has 0 bridgehead atoms. The summed E-state index contributed by atoms with van der Waals surface area (Å²) in [5, 5.41) is 19.9. The maximum absolute atomic E-state index is 12.2. The number of halogens is 1. The van der Waals surface area contributed by atoms with Gasteiger partial charge in [-0.25, -0.2) is 9.48 Å². The highest BCUT2D eigenvalue weighted by Crippen LogP contribution is 2.21. The SMILES string of the molecule is Cc1cccc(Cn2cc(Br)c(NC(=O)Cn3nccc3C(=O)O)n2)c1. The minimum atomic E-state index is -1.14. The van der Waals surface area contributed by atoms with E-state index in [0.29, 0.717) is 16.8 Å². The largest absolute Gasteiger partial charge is 0.477 e. The Kier molecular flexibility index (Phi) is 5.17. The number of hydrogen-bond donors (Lipinski definition) is 2. The second kappa shape index (κ2) is 7.52. The summed E-state index contributed by atoms with van der Waals surface area (Å²) in [6.07, 6.45) is 3.11. The van der Waals surface area contributed by atoms with Crippen LogP contribution in [-0.2, 0) is 17.9 Å². The Bertz CT molecular complexity index is 963. The molecule has 0 saturated carbocycles. The molecule has 0 fully saturated rings. The number of amides is 1. The molecular weight excluding hydrogens is 402 g/mol. The zero-order chi connectivity index (χ0) is 18.7. The lowest BCUT2D eigenvalue weighted by atomic mass is 10.1. The van der Waals surface area contributed by atoms with Crippen LogP contribution in [0, 0.1) is 6.92 Å². The van der Waals surface area contributed by atoms with Gasteiger partial charge in [0.1, 0.15) is 12.2 Å². The summed E-state index contributed by atoms with van der Waals surface area (Å²) in [5.41, 5.74) is 2.21. The monoisotopic (exact) mass is 417 g/mol. The van der Waals surface area contributed by atoms with Gasteiger partial charge in [-0.2, -0.15) is 10.2 Å². The highest BCUT2D eigenvalue weighted by atomic mass is 79.9. The third-order valence-corrected chi connectivity index (χ3v) is 4.21. The second-order valence-corrected chi connectivity index (χ2v) is 6.59. The Labute approximate surface area is 157 Å². The van der Waals surface area contributed by atoms with Crippen molar-refractivity contribution in [1.29, 1.82) is 0 Å². The van der Waals surface area contributed by atoms with Crippen LogP contribution in [0.25, 0.3) is 0 Å². The van der Waals surface area contributed by atoms with E-state index in [9.17, 15) is 9.59 Å². The Morgan fingerprint density at radius 3 is 2.85 bits per heavy atom. The number of anilines is 1. The quantitative estimate of drug-likeness (QED) is 0.641. The predicted molar refractivity (Wildman–Crippen MR) is 98.0 cm³/mol. The van der Waals surface area contributed by atoms with Crippen molar-refractivity contribution in [3.63, 3.8) is 0 Å². The Balaban J connectivity index is 1.68. The topological polar surface area (TPSA) is 102 Å². The minimum absolute atomic E-state index is 0.0517. The molecule has 0 spiro atoms. The summed E-state index contributed by atoms with van der Waals surface area (Å²) in [6.45, 7) is 2.37. The van der Waals surface area contributed by atoms with Crippen molar-refractivity contribution in [2.75, 3.05) is 5.32 Å². The van der Waals surface area contributed by atoms with Crippen LogP contribution >= 0.6 is 15.9 Å². The van der Waals surface area contributed by atoms with Crippen molar-refractivity contribution in [3.05, 3.63) is 64.0 Å². The molecular formula is C17H16BrN5O3. The average Bonchev–Trinajstić information content (AvgIpc) is 3.14. The van der Waals surface area contributed by atoms with E-state index in [2.05, 4.69) is 37.5 Å². The second-order valence-electron chi connectivity index (χ2n) is 5.74. The van der Waals surface area contributed by atoms with Crippen LogP contribution in [0.15, 0.2) is 47.2 Å². The van der Waals surface area contributed by atoms with Crippen molar-refractivity contribution in [2.45, 2.75) is 20.0 Å². The lowest BCUT2D eigenvalue weighted by Gasteiger charge is -2.05. The average molecular weight is 418 g/mol. The van der Waals surface area contributed by atoms with Gasteiger partial charge in [-0.05, 0) is 34.5 Å². The van der Waals surface area contributed by atoms with E-state index in [-0.39, 0.29) is 12.2 Å². The first kappa shape index (κ1) is 17.9. The third kappa shape index (κ3) is 4.17. The van der Waals surface area contributed by atoms with Crippen molar-refractivity contribution >= 4 is 33.6 Å². The number of nitrogens with zero attached hydrogens (tertiary/aromatic N) is 4. The molecule has 0 aliphatic heterocycles. The number of aromatic carboxylic acids is 1. The van der Waals surface area contributed by atoms with Gasteiger partial charge in [0, 0.05) is 12.4 Å². The smallest absolute Gasteiger partial charge is 0.354 e. The van der Waals surface area contributed by atoms with E-state index in [1.165, 1.54) is 12.3 Å². The van der Waals surface area contributed by atoms with Gasteiger partial charge in [-0.1, -0.05) is 29.8 Å². The molecule has 0 unspecified atom stereocenters. The predicted octanol–water partition coefficient (Wildman–Crippen LogP) is 2.54. The fourth-order valence-corrected chi connectivity index (χ4v) is 2.92. The minimum Gasteiger partial charge on any atom is -0.477 e. The standard InChI is InChI=1S/C17H16BrN5O3/c1-11-3-2-4-12(7-11)8-22-9-13(18)16(21-22)20-15(24)10-23-14(17(25)26)5-6-19-23/h2-7,9H,8,10H2,1H3,(H,25,26)(H,20,21,24). The van der Waals surface area contributed by atoms with Gasteiger partial charge in [0.2, 0.25) is 5.91 Å². The fourth-order valence-electron chi connectivity index (χ4n) is 2.51. The van der Waals surface area contributed by atoms with Gasteiger partial charge in [0.15, 0.2) is 5.82 Å². The number of benzene rings is 1.